The van der Waals surface area contributed by atoms with Crippen LogP contribution < -0.4 is 9.47 Å². The number of methoxy groups -OCH3 is 2. The summed E-state index contributed by atoms with van der Waals surface area (Å²) in [5, 5.41) is 0. The molecule has 1 aromatic carbocycles. The molecule has 3 fully saturated rings. The minimum atomic E-state index is -0.576. The van der Waals surface area contributed by atoms with E-state index in [9.17, 15) is 9.59 Å². The van der Waals surface area contributed by atoms with Crippen LogP contribution in [0.5, 0.6) is 11.5 Å². The van der Waals surface area contributed by atoms with Gasteiger partial charge in [0.25, 0.3) is 5.91 Å². The van der Waals surface area contributed by atoms with Gasteiger partial charge in [-0.05, 0) is 43.4 Å². The van der Waals surface area contributed by atoms with E-state index in [4.69, 9.17) is 9.47 Å². The molecule has 0 spiro atoms. The summed E-state index contributed by atoms with van der Waals surface area (Å²) in [6, 6.07) is 5.38. The van der Waals surface area contributed by atoms with Crippen LogP contribution in [0.1, 0.15) is 82.2 Å². The van der Waals surface area contributed by atoms with Crippen molar-refractivity contribution in [3.05, 3.63) is 23.8 Å². The molecule has 3 aliphatic rings. The van der Waals surface area contributed by atoms with Crippen molar-refractivity contribution in [3.8, 4) is 11.5 Å². The van der Waals surface area contributed by atoms with E-state index in [2.05, 4.69) is 0 Å². The number of nitrogens with zero attached hydrogens (tertiary/aromatic N) is 2. The zero-order chi connectivity index (χ0) is 21.8. The summed E-state index contributed by atoms with van der Waals surface area (Å²) in [5.74, 6) is 1.39. The highest BCUT2D eigenvalue weighted by atomic mass is 16.5. The SMILES string of the molecule is COc1ccc([C@H]2C(=O)N(C3CCCCCC3)CC(=O)N2C2CCCCC2)cc1OC. The van der Waals surface area contributed by atoms with E-state index in [1.54, 1.807) is 14.2 Å². The number of hydrogen-bond acceptors (Lipinski definition) is 4. The fourth-order valence-electron chi connectivity index (χ4n) is 5.70. The number of hydrogen-bond donors (Lipinski definition) is 0. The van der Waals surface area contributed by atoms with Gasteiger partial charge in [-0.15, -0.1) is 0 Å². The largest absolute Gasteiger partial charge is 0.493 e. The average molecular weight is 429 g/mol. The Balaban J connectivity index is 1.71. The Morgan fingerprint density at radius 1 is 0.774 bits per heavy atom. The monoisotopic (exact) mass is 428 g/mol. The van der Waals surface area contributed by atoms with Gasteiger partial charge < -0.3 is 19.3 Å². The first-order valence-corrected chi connectivity index (χ1v) is 12.0. The molecule has 0 unspecified atom stereocenters. The summed E-state index contributed by atoms with van der Waals surface area (Å²) < 4.78 is 10.9. The summed E-state index contributed by atoms with van der Waals surface area (Å²) in [7, 11) is 3.21. The molecule has 1 aromatic rings. The molecular formula is C25H36N2O4. The van der Waals surface area contributed by atoms with E-state index in [0.717, 1.165) is 56.9 Å². The van der Waals surface area contributed by atoms with Gasteiger partial charge in [-0.1, -0.05) is 51.0 Å². The lowest BCUT2D eigenvalue weighted by molar-refractivity contribution is -0.162. The number of rotatable bonds is 5. The number of carbonyl (C=O) groups is 2. The predicted octanol–water partition coefficient (Wildman–Crippen LogP) is 4.47. The van der Waals surface area contributed by atoms with Crippen LogP contribution >= 0.6 is 0 Å². The molecule has 170 valence electrons. The van der Waals surface area contributed by atoms with Crippen LogP contribution in [0, 0.1) is 0 Å². The van der Waals surface area contributed by atoms with E-state index >= 15 is 0 Å². The fourth-order valence-corrected chi connectivity index (χ4v) is 5.70. The normalized spacial score (nSPS) is 24.3. The summed E-state index contributed by atoms with van der Waals surface area (Å²) in [4.78, 5) is 31.3. The van der Waals surface area contributed by atoms with E-state index < -0.39 is 6.04 Å². The van der Waals surface area contributed by atoms with Gasteiger partial charge in [-0.25, -0.2) is 0 Å². The maximum absolute atomic E-state index is 14.0. The molecule has 6 heteroatoms. The Labute approximate surface area is 185 Å². The summed E-state index contributed by atoms with van der Waals surface area (Å²) in [6.45, 7) is 0.226. The first kappa shape index (κ1) is 22.0. The van der Waals surface area contributed by atoms with Crippen molar-refractivity contribution in [2.45, 2.75) is 88.8 Å². The van der Waals surface area contributed by atoms with E-state index in [1.165, 1.54) is 19.3 Å². The fraction of sp³-hybridized carbons (Fsp3) is 0.680. The molecule has 6 nitrogen and oxygen atoms in total. The van der Waals surface area contributed by atoms with Gasteiger partial charge in [-0.3, -0.25) is 9.59 Å². The number of carbonyl (C=O) groups excluding carboxylic acids is 2. The number of benzene rings is 1. The Hall–Kier alpha value is -2.24. The van der Waals surface area contributed by atoms with Crippen molar-refractivity contribution >= 4 is 11.8 Å². The smallest absolute Gasteiger partial charge is 0.250 e. The summed E-state index contributed by atoms with van der Waals surface area (Å²) in [6.07, 6.45) is 12.1. The topological polar surface area (TPSA) is 59.1 Å². The lowest BCUT2D eigenvalue weighted by Gasteiger charge is -2.47. The van der Waals surface area contributed by atoms with Gasteiger partial charge in [0.15, 0.2) is 11.5 Å². The van der Waals surface area contributed by atoms with Crippen LogP contribution in [0.3, 0.4) is 0 Å². The Kier molecular flexibility index (Phi) is 7.03. The van der Waals surface area contributed by atoms with Crippen molar-refractivity contribution in [2.75, 3.05) is 20.8 Å². The molecule has 1 heterocycles. The minimum absolute atomic E-state index is 0.0734. The second kappa shape index (κ2) is 9.92. The molecule has 31 heavy (non-hydrogen) atoms. The van der Waals surface area contributed by atoms with Crippen LogP contribution in [-0.4, -0.2) is 54.5 Å². The third kappa shape index (κ3) is 4.53. The number of ether oxygens (including phenoxy) is 2. The van der Waals surface area contributed by atoms with E-state index in [-0.39, 0.29) is 30.4 Å². The van der Waals surface area contributed by atoms with Crippen molar-refractivity contribution in [2.24, 2.45) is 0 Å². The third-order valence-electron chi connectivity index (χ3n) is 7.35. The van der Waals surface area contributed by atoms with Gasteiger partial charge in [0.05, 0.1) is 14.2 Å². The van der Waals surface area contributed by atoms with Crippen LogP contribution in [0.4, 0.5) is 0 Å². The quantitative estimate of drug-likeness (QED) is 0.649. The Morgan fingerprint density at radius 3 is 1.97 bits per heavy atom. The highest BCUT2D eigenvalue weighted by Crippen LogP contribution is 2.39. The second-order valence-corrected chi connectivity index (χ2v) is 9.22. The van der Waals surface area contributed by atoms with Gasteiger partial charge in [-0.2, -0.15) is 0 Å². The summed E-state index contributed by atoms with van der Waals surface area (Å²) >= 11 is 0. The average Bonchev–Trinajstić information content (AvgIpc) is 3.09. The predicted molar refractivity (Wildman–Crippen MR) is 119 cm³/mol. The molecule has 2 saturated carbocycles. The van der Waals surface area contributed by atoms with Crippen molar-refractivity contribution in [1.82, 2.24) is 9.80 Å². The summed E-state index contributed by atoms with van der Waals surface area (Å²) in [5.41, 5.74) is 0.819. The molecule has 0 aromatic heterocycles. The van der Waals surface area contributed by atoms with Crippen LogP contribution in [0.15, 0.2) is 18.2 Å². The first-order valence-electron chi connectivity index (χ1n) is 12.0. The number of piperazine rings is 1. The molecule has 0 bridgehead atoms. The van der Waals surface area contributed by atoms with Crippen molar-refractivity contribution in [1.29, 1.82) is 0 Å². The Bertz CT molecular complexity index is 782. The van der Waals surface area contributed by atoms with Crippen LogP contribution in [0.2, 0.25) is 0 Å². The van der Waals surface area contributed by atoms with Crippen molar-refractivity contribution < 1.29 is 19.1 Å². The number of amides is 2. The maximum Gasteiger partial charge on any atom is 0.250 e. The van der Waals surface area contributed by atoms with Gasteiger partial charge in [0.1, 0.15) is 12.6 Å². The molecule has 1 atom stereocenters. The molecule has 1 aliphatic heterocycles. The highest BCUT2D eigenvalue weighted by Gasteiger charge is 2.45. The molecular weight excluding hydrogens is 392 g/mol. The standard InChI is InChI=1S/C25H36N2O4/c1-30-21-15-14-18(16-22(21)31-2)24-25(29)26(19-10-6-3-4-7-11-19)17-23(28)27(24)20-12-8-5-9-13-20/h14-16,19-20,24H,3-13,17H2,1-2H3/t24-/m0/s1. The lowest BCUT2D eigenvalue weighted by atomic mass is 9.89. The molecule has 2 amide bonds. The van der Waals surface area contributed by atoms with Gasteiger partial charge >= 0.3 is 0 Å². The van der Waals surface area contributed by atoms with E-state index in [1.807, 2.05) is 28.0 Å². The van der Waals surface area contributed by atoms with Gasteiger partial charge in [0, 0.05) is 12.1 Å². The van der Waals surface area contributed by atoms with Gasteiger partial charge in [0.2, 0.25) is 5.91 Å². The molecule has 2 aliphatic carbocycles. The van der Waals surface area contributed by atoms with E-state index in [0.29, 0.717) is 11.5 Å². The first-order chi connectivity index (χ1) is 15.1. The maximum atomic E-state index is 14.0. The van der Waals surface area contributed by atoms with Crippen molar-refractivity contribution in [3.63, 3.8) is 0 Å². The molecule has 4 rings (SSSR count). The molecule has 0 radical (unpaired) electrons. The molecule has 0 N–H and O–H groups in total. The zero-order valence-corrected chi connectivity index (χ0v) is 19.0. The Morgan fingerprint density at radius 2 is 1.35 bits per heavy atom. The minimum Gasteiger partial charge on any atom is -0.493 e. The van der Waals surface area contributed by atoms with Crippen LogP contribution in [-0.2, 0) is 9.59 Å². The molecule has 1 saturated heterocycles. The second-order valence-electron chi connectivity index (χ2n) is 9.22. The highest BCUT2D eigenvalue weighted by molar-refractivity contribution is 5.96. The zero-order valence-electron chi connectivity index (χ0n) is 19.0. The lowest BCUT2D eigenvalue weighted by Crippen LogP contribution is -2.60. The van der Waals surface area contributed by atoms with Crippen LogP contribution in [0.25, 0.3) is 0 Å². The third-order valence-corrected chi connectivity index (χ3v) is 7.35.